The SMILES string of the molecule is CCCCCCC1(CCCCCC)c2ccccc2-c2ccc(-c3cc4c(s3)c3c(CC)c(-c5ccccc5)c(-c5ccccc5)c(CC)c3c3sc5c6c(CC)c(-c7ccccc7)c(-c7ccccc7)c(CC)c6c6sc7c8c(CC)c(-c9ccccc9)c(-c9ccccc9)c(CC)c8c8sc(-c9ccc%10c(c9)C(CCCCCC)(CCCCCC)c9ccccc9-%10)cc8c7c6c5c43)cc21. The van der Waals surface area contributed by atoms with E-state index in [0.717, 1.165) is 38.5 Å². The Morgan fingerprint density at radius 3 is 0.676 bits per heavy atom. The normalized spacial score (nSPS) is 13.2. The summed E-state index contributed by atoms with van der Waals surface area (Å²) >= 11 is 8.54. The summed E-state index contributed by atoms with van der Waals surface area (Å²) in [7, 11) is 0. The van der Waals surface area contributed by atoms with Crippen molar-refractivity contribution in [1.29, 1.82) is 0 Å². The molecule has 0 fully saturated rings. The van der Waals surface area contributed by atoms with Crippen molar-refractivity contribution in [2.24, 2.45) is 0 Å². The fraction of sp³-hybridized carbons (Fsp3) is 0.288. The maximum absolute atomic E-state index is 2.78. The fourth-order valence-electron chi connectivity index (χ4n) is 26.1. The zero-order chi connectivity index (χ0) is 92.5. The van der Waals surface area contributed by atoms with Gasteiger partial charge in [-0.15, -0.1) is 45.3 Å². The smallest absolute Gasteiger partial charge is 0.0444 e. The van der Waals surface area contributed by atoms with Gasteiger partial charge >= 0.3 is 0 Å². The lowest BCUT2D eigenvalue weighted by Gasteiger charge is -2.33. The highest BCUT2D eigenvalue weighted by Gasteiger charge is 2.45. The first-order chi connectivity index (χ1) is 67.1. The third-order valence-corrected chi connectivity index (χ3v) is 36.8. The highest BCUT2D eigenvalue weighted by Crippen LogP contribution is 2.65. The third-order valence-electron chi connectivity index (χ3n) is 32.0. The quantitative estimate of drug-likeness (QED) is 0.0353. The van der Waals surface area contributed by atoms with Gasteiger partial charge in [0.05, 0.1) is 0 Å². The lowest BCUT2D eigenvalue weighted by molar-refractivity contribution is 0.401. The van der Waals surface area contributed by atoms with E-state index in [1.165, 1.54) is 365 Å². The molecule has 0 atom stereocenters. The van der Waals surface area contributed by atoms with Crippen molar-refractivity contribution >= 4 is 138 Å². The molecule has 0 bridgehead atoms. The molecule has 0 saturated carbocycles. The van der Waals surface area contributed by atoms with Crippen molar-refractivity contribution in [3.05, 3.63) is 335 Å². The van der Waals surface area contributed by atoms with Crippen molar-refractivity contribution in [2.75, 3.05) is 0 Å². The molecule has 136 heavy (non-hydrogen) atoms. The van der Waals surface area contributed by atoms with Crippen molar-refractivity contribution in [2.45, 2.75) is 247 Å². The standard InChI is InChI=1S/C132H128S4/c1-11-21-25-51-75-131(76-52-26-22-12-2)103-69-49-47-67-97(103)99-73-71-89(79-105(99)131)107-81-101-121-123-124-122-102-82-108(90-72-74-100-98-68-48-50-70-104(98)132(106(100)80-90,77-53-27-23-13-3)78-54-28-24-14-4)134-126(102)116-92(16-6)110(84-57-37-30-38-58-84)112(86-61-41-32-42-62-86)94(18-8)118(116)128(122)136-130(124)120-96(20-10)114(88-65-45-34-46-66-88)113(87-63-43-33-44-64-87)95(19-9)119(120)129(123)135-127(121)117-93(17-7)111(85-59-39-31-40-60-85)109(83-55-35-29-36-56-83)91(15-5)115(117)125(101)133-107/h29-50,55-74,79-82H,11-28,51-54,75-78H2,1-10H3. The van der Waals surface area contributed by atoms with E-state index in [2.05, 4.69) is 394 Å². The average molecular weight is 1840 g/mol. The molecule has 0 unspecified atom stereocenters. The Bertz CT molecular complexity index is 7430. The van der Waals surface area contributed by atoms with Crippen molar-refractivity contribution < 1.29 is 0 Å². The number of rotatable bonds is 34. The first-order valence-electron chi connectivity index (χ1n) is 52.2. The first-order valence-corrected chi connectivity index (χ1v) is 55.5. The molecule has 4 heteroatoms. The summed E-state index contributed by atoms with van der Waals surface area (Å²) < 4.78 is 8.52. The van der Waals surface area contributed by atoms with Crippen LogP contribution in [0.3, 0.4) is 0 Å². The predicted molar refractivity (Wildman–Crippen MR) is 603 cm³/mol. The molecular weight excluding hydrogens is 1710 g/mol. The molecule has 0 saturated heterocycles. The summed E-state index contributed by atoms with van der Waals surface area (Å²) in [6.45, 7) is 24.4. The predicted octanol–water partition coefficient (Wildman–Crippen LogP) is 41.4. The number of thiophene rings is 4. The highest BCUT2D eigenvalue weighted by atomic mass is 32.1. The number of hydrogen-bond acceptors (Lipinski definition) is 4. The molecule has 0 amide bonds. The highest BCUT2D eigenvalue weighted by molar-refractivity contribution is 7.31. The zero-order valence-corrected chi connectivity index (χ0v) is 84.8. The number of unbranched alkanes of at least 4 members (excludes halogenated alkanes) is 12. The van der Waals surface area contributed by atoms with E-state index in [4.69, 9.17) is 0 Å². The number of aryl methyl sites for hydroxylation is 6. The third kappa shape index (κ3) is 14.6. The molecule has 20 aromatic rings. The Morgan fingerprint density at radius 1 is 0.184 bits per heavy atom. The Morgan fingerprint density at radius 2 is 0.419 bits per heavy atom. The van der Waals surface area contributed by atoms with Crippen LogP contribution in [-0.4, -0.2) is 0 Å². The summed E-state index contributed by atoms with van der Waals surface area (Å²) in [5, 5.41) is 17.1. The van der Waals surface area contributed by atoms with E-state index >= 15 is 0 Å². The lowest BCUT2D eigenvalue weighted by atomic mass is 9.70. The minimum absolute atomic E-state index is 0.0796. The summed E-state index contributed by atoms with van der Waals surface area (Å²) in [5.74, 6) is 0. The van der Waals surface area contributed by atoms with E-state index in [1.54, 1.807) is 22.3 Å². The van der Waals surface area contributed by atoms with Crippen LogP contribution in [0.25, 0.3) is 203 Å². The fourth-order valence-corrected chi connectivity index (χ4v) is 31.5. The van der Waals surface area contributed by atoms with E-state index in [0.29, 0.717) is 0 Å². The topological polar surface area (TPSA) is 0 Å². The van der Waals surface area contributed by atoms with Gasteiger partial charge in [0, 0.05) is 113 Å². The van der Waals surface area contributed by atoms with Crippen LogP contribution >= 0.6 is 45.3 Å². The molecular formula is C132H128S4. The molecule has 680 valence electrons. The molecule has 0 radical (unpaired) electrons. The summed E-state index contributed by atoms with van der Waals surface area (Å²) in [5.41, 5.74) is 39.1. The largest absolute Gasteiger partial charge is 0.135 e. The average Bonchev–Trinajstić information content (AvgIpc) is 1.49. The van der Waals surface area contributed by atoms with Crippen LogP contribution in [0.2, 0.25) is 0 Å². The van der Waals surface area contributed by atoms with Crippen LogP contribution in [0.1, 0.15) is 253 Å². The molecule has 0 spiro atoms. The Kier molecular flexibility index (Phi) is 25.2. The second-order valence-electron chi connectivity index (χ2n) is 39.4. The van der Waals surface area contributed by atoms with Gasteiger partial charge in [0.15, 0.2) is 0 Å². The maximum Gasteiger partial charge on any atom is 0.0444 e. The first kappa shape index (κ1) is 89.8. The van der Waals surface area contributed by atoms with Crippen molar-refractivity contribution in [3.8, 4) is 110 Å². The Hall–Kier alpha value is -11.3. The molecule has 0 aliphatic heterocycles. The van der Waals surface area contributed by atoms with Crippen LogP contribution in [0.5, 0.6) is 0 Å². The van der Waals surface area contributed by atoms with Crippen LogP contribution in [-0.2, 0) is 49.4 Å². The van der Waals surface area contributed by atoms with Gasteiger partial charge in [0.2, 0.25) is 0 Å². The molecule has 4 heterocycles. The van der Waals surface area contributed by atoms with E-state index in [-0.39, 0.29) is 10.8 Å². The van der Waals surface area contributed by atoms with Crippen molar-refractivity contribution in [3.63, 3.8) is 0 Å². The summed E-state index contributed by atoms with van der Waals surface area (Å²) in [4.78, 5) is 2.72. The van der Waals surface area contributed by atoms with E-state index in [9.17, 15) is 0 Å². The maximum atomic E-state index is 2.78. The van der Waals surface area contributed by atoms with Crippen LogP contribution < -0.4 is 0 Å². The molecule has 0 N–H and O–H groups in total. The Labute approximate surface area is 823 Å². The minimum atomic E-state index is -0.0796. The van der Waals surface area contributed by atoms with Gasteiger partial charge in [0.25, 0.3) is 0 Å². The van der Waals surface area contributed by atoms with E-state index < -0.39 is 0 Å². The molecule has 2 aliphatic carbocycles. The molecule has 22 rings (SSSR count). The molecule has 4 aromatic heterocycles. The van der Waals surface area contributed by atoms with Crippen LogP contribution in [0.4, 0.5) is 0 Å². The van der Waals surface area contributed by atoms with Crippen LogP contribution in [0.15, 0.2) is 279 Å². The second kappa shape index (κ2) is 38.2. The number of benzene rings is 16. The molecule has 2 aliphatic rings. The van der Waals surface area contributed by atoms with Gasteiger partial charge in [-0.1, -0.05) is 427 Å². The lowest BCUT2D eigenvalue weighted by Crippen LogP contribution is -2.25. The van der Waals surface area contributed by atoms with Gasteiger partial charge in [-0.3, -0.25) is 0 Å². The zero-order valence-electron chi connectivity index (χ0n) is 81.6. The molecule has 0 nitrogen and oxygen atoms in total. The number of hydrogen-bond donors (Lipinski definition) is 0. The number of fused-ring (bicyclic) bond motifs is 26. The Balaban J connectivity index is 0.976. The van der Waals surface area contributed by atoms with Crippen molar-refractivity contribution in [1.82, 2.24) is 0 Å². The summed E-state index contributed by atoms with van der Waals surface area (Å²) in [6.07, 6.45) is 29.8. The second-order valence-corrected chi connectivity index (χ2v) is 43.6. The monoisotopic (exact) mass is 1840 g/mol. The molecule has 16 aromatic carbocycles. The van der Waals surface area contributed by atoms with Gasteiger partial charge in [0.1, 0.15) is 0 Å². The van der Waals surface area contributed by atoms with Gasteiger partial charge in [-0.2, -0.15) is 0 Å². The van der Waals surface area contributed by atoms with Gasteiger partial charge < -0.3 is 0 Å². The summed E-state index contributed by atoms with van der Waals surface area (Å²) in [6, 6.07) is 111. The minimum Gasteiger partial charge on any atom is -0.135 e. The van der Waals surface area contributed by atoms with Crippen LogP contribution in [0, 0.1) is 0 Å². The van der Waals surface area contributed by atoms with Gasteiger partial charge in [-0.25, -0.2) is 0 Å². The van der Waals surface area contributed by atoms with Gasteiger partial charge in [-0.05, 0) is 244 Å². The van der Waals surface area contributed by atoms with E-state index in [1.807, 2.05) is 0 Å².